The first-order valence-corrected chi connectivity index (χ1v) is 9.71. The molecule has 1 saturated carbocycles. The summed E-state index contributed by atoms with van der Waals surface area (Å²) >= 11 is 0. The zero-order valence-corrected chi connectivity index (χ0v) is 15.9. The predicted octanol–water partition coefficient (Wildman–Crippen LogP) is 3.96. The van der Waals surface area contributed by atoms with Gasteiger partial charge in [-0.15, -0.1) is 0 Å². The van der Waals surface area contributed by atoms with Crippen molar-refractivity contribution in [3.05, 3.63) is 35.4 Å². The molecule has 0 saturated heterocycles. The monoisotopic (exact) mass is 344 g/mol. The Morgan fingerprint density at radius 1 is 1.16 bits per heavy atom. The molecule has 0 aromatic heterocycles. The van der Waals surface area contributed by atoms with Crippen LogP contribution < -0.4 is 5.32 Å². The fourth-order valence-corrected chi connectivity index (χ4v) is 3.64. The van der Waals surface area contributed by atoms with Gasteiger partial charge in [0.1, 0.15) is 6.04 Å². The second-order valence-electron chi connectivity index (χ2n) is 7.07. The number of amides is 2. The largest absolute Gasteiger partial charge is 0.352 e. The van der Waals surface area contributed by atoms with Gasteiger partial charge in [-0.2, -0.15) is 0 Å². The minimum absolute atomic E-state index is 0.00443. The SMILES string of the molecule is CCC(=O)N(Cc1ccccc1C)[C@@H](CC)C(=O)NC1CCCCC1. The highest BCUT2D eigenvalue weighted by atomic mass is 16.2. The summed E-state index contributed by atoms with van der Waals surface area (Å²) in [6.07, 6.45) is 6.79. The fourth-order valence-electron chi connectivity index (χ4n) is 3.64. The minimum atomic E-state index is -0.394. The van der Waals surface area contributed by atoms with E-state index in [2.05, 4.69) is 5.32 Å². The third-order valence-electron chi connectivity index (χ3n) is 5.24. The normalized spacial score (nSPS) is 16.3. The maximum absolute atomic E-state index is 12.9. The first kappa shape index (κ1) is 19.5. The molecule has 1 fully saturated rings. The average Bonchev–Trinajstić information content (AvgIpc) is 2.63. The molecule has 1 aliphatic rings. The van der Waals surface area contributed by atoms with Crippen molar-refractivity contribution in [3.8, 4) is 0 Å². The third-order valence-corrected chi connectivity index (χ3v) is 5.24. The van der Waals surface area contributed by atoms with Crippen molar-refractivity contribution < 1.29 is 9.59 Å². The lowest BCUT2D eigenvalue weighted by molar-refractivity contribution is -0.141. The van der Waals surface area contributed by atoms with Crippen LogP contribution in [0.2, 0.25) is 0 Å². The van der Waals surface area contributed by atoms with Gasteiger partial charge in [-0.25, -0.2) is 0 Å². The van der Waals surface area contributed by atoms with E-state index in [0.29, 0.717) is 19.4 Å². The Morgan fingerprint density at radius 3 is 2.44 bits per heavy atom. The predicted molar refractivity (Wildman–Crippen MR) is 101 cm³/mol. The van der Waals surface area contributed by atoms with E-state index in [1.165, 1.54) is 19.3 Å². The number of benzene rings is 1. The van der Waals surface area contributed by atoms with E-state index in [1.807, 2.05) is 45.0 Å². The summed E-state index contributed by atoms with van der Waals surface area (Å²) in [5.41, 5.74) is 2.26. The van der Waals surface area contributed by atoms with Crippen LogP contribution in [0.4, 0.5) is 0 Å². The second kappa shape index (κ2) is 9.59. The number of aryl methyl sites for hydroxylation is 1. The molecule has 4 nitrogen and oxygen atoms in total. The Labute approximate surface area is 152 Å². The van der Waals surface area contributed by atoms with Gasteiger partial charge in [-0.05, 0) is 37.3 Å². The Hall–Kier alpha value is -1.84. The van der Waals surface area contributed by atoms with Crippen LogP contribution in [0.1, 0.15) is 69.9 Å². The van der Waals surface area contributed by atoms with E-state index < -0.39 is 6.04 Å². The molecule has 1 aromatic carbocycles. The van der Waals surface area contributed by atoms with Gasteiger partial charge in [0, 0.05) is 19.0 Å². The standard InChI is InChI=1S/C21H32N2O2/c1-4-19(21(25)22-18-13-7-6-8-14-18)23(20(24)5-2)15-17-12-10-9-11-16(17)3/h9-12,18-19H,4-8,13-15H2,1-3H3,(H,22,25)/t19-/m0/s1. The van der Waals surface area contributed by atoms with Gasteiger partial charge in [-0.1, -0.05) is 57.4 Å². The summed E-state index contributed by atoms with van der Waals surface area (Å²) in [6, 6.07) is 7.95. The number of nitrogens with zero attached hydrogens (tertiary/aromatic N) is 1. The highest BCUT2D eigenvalue weighted by molar-refractivity contribution is 5.87. The van der Waals surface area contributed by atoms with E-state index in [1.54, 1.807) is 4.90 Å². The summed E-state index contributed by atoms with van der Waals surface area (Å²) in [4.78, 5) is 27.2. The van der Waals surface area contributed by atoms with E-state index in [9.17, 15) is 9.59 Å². The number of hydrogen-bond acceptors (Lipinski definition) is 2. The summed E-state index contributed by atoms with van der Waals surface area (Å²) in [6.45, 7) is 6.39. The summed E-state index contributed by atoms with van der Waals surface area (Å²) in [5, 5.41) is 3.20. The summed E-state index contributed by atoms with van der Waals surface area (Å²) in [7, 11) is 0. The lowest BCUT2D eigenvalue weighted by Gasteiger charge is -2.33. The molecule has 0 heterocycles. The molecule has 1 N–H and O–H groups in total. The zero-order chi connectivity index (χ0) is 18.2. The van der Waals surface area contributed by atoms with Gasteiger partial charge in [0.25, 0.3) is 0 Å². The van der Waals surface area contributed by atoms with Crippen molar-refractivity contribution >= 4 is 11.8 Å². The molecule has 0 unspecified atom stereocenters. The molecular formula is C21H32N2O2. The van der Waals surface area contributed by atoms with Crippen molar-refractivity contribution in [2.75, 3.05) is 0 Å². The molecular weight excluding hydrogens is 312 g/mol. The van der Waals surface area contributed by atoms with Gasteiger partial charge >= 0.3 is 0 Å². The fraction of sp³-hybridized carbons (Fsp3) is 0.619. The van der Waals surface area contributed by atoms with Crippen molar-refractivity contribution in [1.82, 2.24) is 10.2 Å². The summed E-state index contributed by atoms with van der Waals surface area (Å²) < 4.78 is 0. The molecule has 25 heavy (non-hydrogen) atoms. The van der Waals surface area contributed by atoms with Gasteiger partial charge in [0.05, 0.1) is 0 Å². The van der Waals surface area contributed by atoms with Crippen LogP contribution in [0.15, 0.2) is 24.3 Å². The number of rotatable bonds is 7. The molecule has 2 amide bonds. The smallest absolute Gasteiger partial charge is 0.243 e. The average molecular weight is 344 g/mol. The number of nitrogens with one attached hydrogen (secondary N) is 1. The zero-order valence-electron chi connectivity index (χ0n) is 15.9. The highest BCUT2D eigenvalue weighted by Gasteiger charge is 2.29. The van der Waals surface area contributed by atoms with E-state index in [-0.39, 0.29) is 17.9 Å². The van der Waals surface area contributed by atoms with E-state index in [0.717, 1.165) is 24.0 Å². The van der Waals surface area contributed by atoms with Gasteiger partial charge in [0.2, 0.25) is 11.8 Å². The Kier molecular flexibility index (Phi) is 7.48. The van der Waals surface area contributed by atoms with Crippen LogP contribution in [0.25, 0.3) is 0 Å². The lowest BCUT2D eigenvalue weighted by Crippen LogP contribution is -2.51. The van der Waals surface area contributed by atoms with Crippen LogP contribution in [0.5, 0.6) is 0 Å². The molecule has 1 atom stereocenters. The first-order chi connectivity index (χ1) is 12.1. The summed E-state index contributed by atoms with van der Waals surface area (Å²) in [5.74, 6) is 0.0404. The van der Waals surface area contributed by atoms with E-state index in [4.69, 9.17) is 0 Å². The maximum Gasteiger partial charge on any atom is 0.243 e. The molecule has 0 bridgehead atoms. The van der Waals surface area contributed by atoms with Crippen molar-refractivity contribution in [2.45, 2.75) is 84.3 Å². The Balaban J connectivity index is 2.13. The van der Waals surface area contributed by atoms with Gasteiger partial charge < -0.3 is 10.2 Å². The topological polar surface area (TPSA) is 49.4 Å². The first-order valence-electron chi connectivity index (χ1n) is 9.71. The molecule has 2 rings (SSSR count). The molecule has 0 radical (unpaired) electrons. The number of hydrogen-bond donors (Lipinski definition) is 1. The van der Waals surface area contributed by atoms with Crippen LogP contribution in [-0.4, -0.2) is 28.8 Å². The molecule has 1 aliphatic carbocycles. The number of carbonyl (C=O) groups excluding carboxylic acids is 2. The van der Waals surface area contributed by atoms with Crippen molar-refractivity contribution in [3.63, 3.8) is 0 Å². The highest BCUT2D eigenvalue weighted by Crippen LogP contribution is 2.20. The maximum atomic E-state index is 12.9. The Bertz CT molecular complexity index is 579. The van der Waals surface area contributed by atoms with Crippen molar-refractivity contribution in [1.29, 1.82) is 0 Å². The Morgan fingerprint density at radius 2 is 1.84 bits per heavy atom. The third kappa shape index (κ3) is 5.32. The van der Waals surface area contributed by atoms with Crippen LogP contribution in [0, 0.1) is 6.92 Å². The van der Waals surface area contributed by atoms with Crippen LogP contribution >= 0.6 is 0 Å². The van der Waals surface area contributed by atoms with Crippen LogP contribution in [-0.2, 0) is 16.1 Å². The lowest BCUT2D eigenvalue weighted by atomic mass is 9.95. The molecule has 0 spiro atoms. The van der Waals surface area contributed by atoms with Crippen LogP contribution in [0.3, 0.4) is 0 Å². The van der Waals surface area contributed by atoms with Gasteiger partial charge in [0.15, 0.2) is 0 Å². The minimum Gasteiger partial charge on any atom is -0.352 e. The molecule has 138 valence electrons. The molecule has 4 heteroatoms. The quantitative estimate of drug-likeness (QED) is 0.814. The second-order valence-corrected chi connectivity index (χ2v) is 7.07. The number of carbonyl (C=O) groups is 2. The molecule has 0 aliphatic heterocycles. The van der Waals surface area contributed by atoms with Gasteiger partial charge in [-0.3, -0.25) is 9.59 Å². The van der Waals surface area contributed by atoms with E-state index >= 15 is 0 Å². The molecule has 1 aromatic rings. The van der Waals surface area contributed by atoms with Crippen molar-refractivity contribution in [2.24, 2.45) is 0 Å².